The minimum Gasteiger partial charge on any atom is -0.460 e. The van der Waals surface area contributed by atoms with Gasteiger partial charge >= 0.3 is 5.97 Å². The van der Waals surface area contributed by atoms with Crippen molar-refractivity contribution in [3.05, 3.63) is 60.7 Å². The summed E-state index contributed by atoms with van der Waals surface area (Å²) in [6.45, 7) is 7.23. The summed E-state index contributed by atoms with van der Waals surface area (Å²) >= 11 is 0. The SMILES string of the molecule is CC(C)(C)[Si](OC[C@H]1CCCC(=O)O1)(c1ccccc1)c1ccccc1. The van der Waals surface area contributed by atoms with Crippen LogP contribution in [0, 0.1) is 0 Å². The van der Waals surface area contributed by atoms with E-state index in [1.165, 1.54) is 10.4 Å². The van der Waals surface area contributed by atoms with E-state index in [4.69, 9.17) is 9.16 Å². The van der Waals surface area contributed by atoms with Gasteiger partial charge in [-0.3, -0.25) is 4.79 Å². The molecule has 0 aromatic heterocycles. The Morgan fingerprint density at radius 1 is 1.00 bits per heavy atom. The lowest BCUT2D eigenvalue weighted by atomic mass is 10.1. The van der Waals surface area contributed by atoms with Gasteiger partial charge in [0.15, 0.2) is 0 Å². The van der Waals surface area contributed by atoms with Crippen molar-refractivity contribution in [2.75, 3.05) is 6.61 Å². The fraction of sp³-hybridized carbons (Fsp3) is 0.409. The summed E-state index contributed by atoms with van der Waals surface area (Å²) < 4.78 is 12.3. The van der Waals surface area contributed by atoms with E-state index in [0.29, 0.717) is 13.0 Å². The average Bonchev–Trinajstić information content (AvgIpc) is 2.63. The minimum absolute atomic E-state index is 0.0611. The van der Waals surface area contributed by atoms with E-state index >= 15 is 0 Å². The highest BCUT2D eigenvalue weighted by Gasteiger charge is 2.50. The van der Waals surface area contributed by atoms with E-state index in [9.17, 15) is 4.79 Å². The summed E-state index contributed by atoms with van der Waals surface area (Å²) in [5, 5.41) is 2.44. The third-order valence-corrected chi connectivity index (χ3v) is 10.1. The first kappa shape index (κ1) is 18.9. The van der Waals surface area contributed by atoms with Crippen LogP contribution in [0.2, 0.25) is 5.04 Å². The van der Waals surface area contributed by atoms with Crippen molar-refractivity contribution in [1.29, 1.82) is 0 Å². The number of esters is 1. The third kappa shape index (κ3) is 3.76. The van der Waals surface area contributed by atoms with Crippen LogP contribution in [0.15, 0.2) is 60.7 Å². The Morgan fingerprint density at radius 2 is 1.54 bits per heavy atom. The molecule has 1 atom stereocenters. The molecule has 0 spiro atoms. The van der Waals surface area contributed by atoms with Gasteiger partial charge in [-0.25, -0.2) is 0 Å². The highest BCUT2D eigenvalue weighted by atomic mass is 28.4. The normalized spacial score (nSPS) is 18.4. The number of carbonyl (C=O) groups is 1. The smallest absolute Gasteiger partial charge is 0.306 e. The van der Waals surface area contributed by atoms with Gasteiger partial charge in [0.05, 0.1) is 6.61 Å². The van der Waals surface area contributed by atoms with E-state index in [1.54, 1.807) is 0 Å². The van der Waals surface area contributed by atoms with Crippen LogP contribution in [-0.4, -0.2) is 27.0 Å². The van der Waals surface area contributed by atoms with Crippen LogP contribution >= 0.6 is 0 Å². The van der Waals surface area contributed by atoms with Crippen LogP contribution in [0.3, 0.4) is 0 Å². The first-order chi connectivity index (χ1) is 12.4. The van der Waals surface area contributed by atoms with E-state index < -0.39 is 8.32 Å². The second kappa shape index (κ2) is 7.76. The molecule has 2 aromatic carbocycles. The van der Waals surface area contributed by atoms with Crippen LogP contribution < -0.4 is 10.4 Å². The van der Waals surface area contributed by atoms with Gasteiger partial charge in [0.25, 0.3) is 8.32 Å². The van der Waals surface area contributed by atoms with E-state index in [2.05, 4.69) is 69.3 Å². The molecule has 3 nitrogen and oxygen atoms in total. The number of benzene rings is 2. The van der Waals surface area contributed by atoms with Gasteiger partial charge in [-0.15, -0.1) is 0 Å². The number of carbonyl (C=O) groups excluding carboxylic acids is 1. The molecule has 0 saturated carbocycles. The highest BCUT2D eigenvalue weighted by molar-refractivity contribution is 6.99. The number of cyclic esters (lactones) is 1. The second-order valence-corrected chi connectivity index (χ2v) is 12.3. The van der Waals surface area contributed by atoms with Crippen LogP contribution in [0.4, 0.5) is 0 Å². The largest absolute Gasteiger partial charge is 0.460 e. The number of hydrogen-bond acceptors (Lipinski definition) is 3. The van der Waals surface area contributed by atoms with Crippen LogP contribution in [0.1, 0.15) is 40.0 Å². The molecule has 0 unspecified atom stereocenters. The molecule has 1 heterocycles. The van der Waals surface area contributed by atoms with E-state index in [-0.39, 0.29) is 17.1 Å². The molecule has 4 heteroatoms. The van der Waals surface area contributed by atoms with Crippen molar-refractivity contribution in [2.45, 2.75) is 51.2 Å². The zero-order chi connectivity index (χ0) is 18.6. The summed E-state index contributed by atoms with van der Waals surface area (Å²) in [5.74, 6) is -0.104. The second-order valence-electron chi connectivity index (χ2n) is 7.98. The Kier molecular flexibility index (Phi) is 5.63. The first-order valence-electron chi connectivity index (χ1n) is 9.38. The van der Waals surface area contributed by atoms with Crippen molar-refractivity contribution in [2.24, 2.45) is 0 Å². The summed E-state index contributed by atoms with van der Waals surface area (Å²) in [7, 11) is -2.55. The fourth-order valence-electron chi connectivity index (χ4n) is 3.87. The van der Waals surface area contributed by atoms with Gasteiger partial charge in [-0.2, -0.15) is 0 Å². The Labute approximate surface area is 157 Å². The zero-order valence-corrected chi connectivity index (χ0v) is 16.9. The molecule has 1 aliphatic heterocycles. The Balaban J connectivity index is 2.01. The fourth-order valence-corrected chi connectivity index (χ4v) is 8.47. The van der Waals surface area contributed by atoms with Crippen molar-refractivity contribution in [1.82, 2.24) is 0 Å². The van der Waals surface area contributed by atoms with E-state index in [1.807, 2.05) is 12.1 Å². The maximum atomic E-state index is 11.7. The molecule has 0 aliphatic carbocycles. The predicted octanol–water partition coefficient (Wildman–Crippen LogP) is 3.66. The highest BCUT2D eigenvalue weighted by Crippen LogP contribution is 2.37. The maximum absolute atomic E-state index is 11.7. The molecular weight excluding hydrogens is 340 g/mol. The molecule has 3 rings (SSSR count). The average molecular weight is 369 g/mol. The van der Waals surface area contributed by atoms with Crippen molar-refractivity contribution in [3.63, 3.8) is 0 Å². The van der Waals surface area contributed by atoms with E-state index in [0.717, 1.165) is 12.8 Å². The first-order valence-corrected chi connectivity index (χ1v) is 11.3. The van der Waals surface area contributed by atoms with Gasteiger partial charge in [-0.05, 0) is 28.3 Å². The lowest BCUT2D eigenvalue weighted by Gasteiger charge is -2.43. The van der Waals surface area contributed by atoms with Crippen molar-refractivity contribution in [3.8, 4) is 0 Å². The number of rotatable bonds is 5. The minimum atomic E-state index is -2.55. The Bertz CT molecular complexity index is 683. The lowest BCUT2D eigenvalue weighted by molar-refractivity contribution is -0.155. The van der Waals surface area contributed by atoms with Crippen LogP contribution in [-0.2, 0) is 14.0 Å². The van der Waals surface area contributed by atoms with Crippen molar-refractivity contribution >= 4 is 24.7 Å². The molecule has 1 fully saturated rings. The molecule has 138 valence electrons. The third-order valence-electron chi connectivity index (χ3n) is 5.11. The molecule has 1 saturated heterocycles. The predicted molar refractivity (Wildman–Crippen MR) is 107 cm³/mol. The molecule has 26 heavy (non-hydrogen) atoms. The topological polar surface area (TPSA) is 35.5 Å². The molecule has 0 radical (unpaired) electrons. The Morgan fingerprint density at radius 3 is 2.00 bits per heavy atom. The van der Waals surface area contributed by atoms with Crippen LogP contribution in [0.5, 0.6) is 0 Å². The van der Waals surface area contributed by atoms with Crippen molar-refractivity contribution < 1.29 is 14.0 Å². The van der Waals surface area contributed by atoms with Crippen LogP contribution in [0.25, 0.3) is 0 Å². The monoisotopic (exact) mass is 368 g/mol. The van der Waals surface area contributed by atoms with Gasteiger partial charge in [-0.1, -0.05) is 81.4 Å². The zero-order valence-electron chi connectivity index (χ0n) is 15.9. The number of hydrogen-bond donors (Lipinski definition) is 0. The maximum Gasteiger partial charge on any atom is 0.306 e. The van der Waals surface area contributed by atoms with Gasteiger partial charge in [0.1, 0.15) is 6.10 Å². The summed E-state index contributed by atoms with van der Waals surface area (Å²) in [5.41, 5.74) is 0. The summed E-state index contributed by atoms with van der Waals surface area (Å²) in [6, 6.07) is 21.1. The lowest BCUT2D eigenvalue weighted by Crippen LogP contribution is -2.67. The van der Waals surface area contributed by atoms with Gasteiger partial charge in [0, 0.05) is 6.42 Å². The molecule has 0 amide bonds. The molecule has 1 aliphatic rings. The number of ether oxygens (including phenoxy) is 1. The van der Waals surface area contributed by atoms with Gasteiger partial charge < -0.3 is 9.16 Å². The standard InChI is InChI=1S/C22H28O3Si/c1-22(2,3)26(19-12-6-4-7-13-19,20-14-8-5-9-15-20)24-17-18-11-10-16-21(23)25-18/h4-9,12-15,18H,10-11,16-17H2,1-3H3/t18-/m1/s1. The molecule has 0 bridgehead atoms. The Hall–Kier alpha value is -1.91. The molecule has 0 N–H and O–H groups in total. The molecule has 2 aromatic rings. The van der Waals surface area contributed by atoms with Gasteiger partial charge in [0.2, 0.25) is 0 Å². The molecular formula is C22H28O3Si. The quantitative estimate of drug-likeness (QED) is 0.597. The summed E-state index contributed by atoms with van der Waals surface area (Å²) in [4.78, 5) is 11.7. The summed E-state index contributed by atoms with van der Waals surface area (Å²) in [6.07, 6.45) is 2.14.